The van der Waals surface area contributed by atoms with E-state index in [0.717, 1.165) is 34.4 Å². The fourth-order valence-corrected chi connectivity index (χ4v) is 5.16. The molecule has 3 heterocycles. The molecular weight excluding hydrogens is 470 g/mol. The molecule has 1 aliphatic rings. The zero-order valence-electron chi connectivity index (χ0n) is 20.1. The molecule has 0 aliphatic carbocycles. The van der Waals surface area contributed by atoms with E-state index < -0.39 is 0 Å². The molecule has 1 aliphatic heterocycles. The summed E-state index contributed by atoms with van der Waals surface area (Å²) in [4.78, 5) is 19.7. The number of hydrogen-bond acceptors (Lipinski definition) is 4. The predicted octanol–water partition coefficient (Wildman–Crippen LogP) is 4.68. The van der Waals surface area contributed by atoms with Crippen LogP contribution < -0.4 is 10.6 Å². The highest BCUT2D eigenvalue weighted by Crippen LogP contribution is 2.38. The van der Waals surface area contributed by atoms with E-state index in [4.69, 9.17) is 17.0 Å². The summed E-state index contributed by atoms with van der Waals surface area (Å²) < 4.78 is 7.50. The number of pyridine rings is 1. The molecule has 36 heavy (non-hydrogen) atoms. The summed E-state index contributed by atoms with van der Waals surface area (Å²) in [5.41, 5.74) is 2.83. The van der Waals surface area contributed by atoms with Crippen LogP contribution in [-0.4, -0.2) is 45.7 Å². The van der Waals surface area contributed by atoms with Crippen molar-refractivity contribution in [3.8, 4) is 0 Å². The second kappa shape index (κ2) is 10.9. The van der Waals surface area contributed by atoms with E-state index in [1.807, 2.05) is 66.7 Å². The molecule has 2 aromatic heterocycles. The third-order valence-corrected chi connectivity index (χ3v) is 6.90. The van der Waals surface area contributed by atoms with E-state index in [9.17, 15) is 4.79 Å². The lowest BCUT2D eigenvalue weighted by Gasteiger charge is -2.28. The van der Waals surface area contributed by atoms with Gasteiger partial charge in [0.2, 0.25) is 5.91 Å². The maximum absolute atomic E-state index is 13.0. The number of ether oxygens (including phenoxy) is 1. The molecule has 2 N–H and O–H groups in total. The number of methoxy groups -OCH3 is 1. The third-order valence-electron chi connectivity index (χ3n) is 6.55. The Labute approximate surface area is 216 Å². The van der Waals surface area contributed by atoms with E-state index in [0.29, 0.717) is 24.7 Å². The van der Waals surface area contributed by atoms with Crippen molar-refractivity contribution in [1.82, 2.24) is 19.8 Å². The summed E-state index contributed by atoms with van der Waals surface area (Å²) >= 11 is 5.77. The van der Waals surface area contributed by atoms with Crippen LogP contribution in [0.3, 0.4) is 0 Å². The van der Waals surface area contributed by atoms with Gasteiger partial charge in [-0.25, -0.2) is 0 Å². The maximum atomic E-state index is 13.0. The van der Waals surface area contributed by atoms with Gasteiger partial charge in [-0.2, -0.15) is 0 Å². The Kier molecular flexibility index (Phi) is 7.25. The lowest BCUT2D eigenvalue weighted by Crippen LogP contribution is -2.33. The molecule has 0 bridgehead atoms. The number of carbonyl (C=O) groups is 1. The van der Waals surface area contributed by atoms with E-state index >= 15 is 0 Å². The summed E-state index contributed by atoms with van der Waals surface area (Å²) in [6.07, 6.45) is 4.15. The molecule has 7 nitrogen and oxygen atoms in total. The molecule has 0 spiro atoms. The minimum absolute atomic E-state index is 0.0519. The number of nitrogens with one attached hydrogen (secondary N) is 2. The van der Waals surface area contributed by atoms with Crippen LogP contribution in [-0.2, 0) is 16.1 Å². The Morgan fingerprint density at radius 1 is 1.06 bits per heavy atom. The first-order valence-corrected chi connectivity index (χ1v) is 12.5. The molecule has 2 aromatic carbocycles. The fourth-order valence-electron chi connectivity index (χ4n) is 4.83. The first-order valence-electron chi connectivity index (χ1n) is 12.1. The van der Waals surface area contributed by atoms with Crippen molar-refractivity contribution in [3.05, 3.63) is 96.6 Å². The van der Waals surface area contributed by atoms with Crippen molar-refractivity contribution in [3.63, 3.8) is 0 Å². The molecule has 1 saturated heterocycles. The Bertz CT molecular complexity index is 1350. The number of carbonyl (C=O) groups excluding carboxylic acids is 1. The van der Waals surface area contributed by atoms with Crippen LogP contribution in [0.4, 0.5) is 5.69 Å². The van der Waals surface area contributed by atoms with Crippen molar-refractivity contribution in [2.24, 2.45) is 0 Å². The van der Waals surface area contributed by atoms with Gasteiger partial charge < -0.3 is 24.8 Å². The average molecular weight is 500 g/mol. The Morgan fingerprint density at radius 3 is 2.72 bits per heavy atom. The van der Waals surface area contributed by atoms with Gasteiger partial charge >= 0.3 is 0 Å². The average Bonchev–Trinajstić information content (AvgIpc) is 3.50. The van der Waals surface area contributed by atoms with Gasteiger partial charge in [-0.1, -0.05) is 42.5 Å². The SMILES string of the molecule is COCCn1cccc1[C@H]1[C@H](c2ccccn2)NC(=S)N1CCC(=O)Nc1cccc2ccccc12. The predicted molar refractivity (Wildman–Crippen MR) is 146 cm³/mol. The molecule has 4 aromatic rings. The van der Waals surface area contributed by atoms with E-state index in [2.05, 4.69) is 37.3 Å². The number of anilines is 1. The molecule has 2 atom stereocenters. The topological polar surface area (TPSA) is 71.4 Å². The summed E-state index contributed by atoms with van der Waals surface area (Å²) in [6.45, 7) is 1.81. The Hall–Kier alpha value is -3.75. The molecule has 184 valence electrons. The van der Waals surface area contributed by atoms with Crippen molar-refractivity contribution < 1.29 is 9.53 Å². The summed E-state index contributed by atoms with van der Waals surface area (Å²) in [7, 11) is 1.70. The van der Waals surface area contributed by atoms with Gasteiger partial charge in [0.25, 0.3) is 0 Å². The standard InChI is InChI=1S/C28H29N5O2S/c1-35-19-18-32-16-7-13-24(32)27-26(23-11-4-5-15-29-23)31-28(36)33(27)17-14-25(34)30-22-12-6-9-20-8-2-3-10-21(20)22/h2-13,15-16,26-27H,14,17-19H2,1H3,(H,30,34)(H,31,36)/t26-,27-/m0/s1. The van der Waals surface area contributed by atoms with E-state index in [-0.39, 0.29) is 18.0 Å². The maximum Gasteiger partial charge on any atom is 0.226 e. The highest BCUT2D eigenvalue weighted by molar-refractivity contribution is 7.80. The lowest BCUT2D eigenvalue weighted by molar-refractivity contribution is -0.116. The van der Waals surface area contributed by atoms with Crippen molar-refractivity contribution >= 4 is 39.7 Å². The Morgan fingerprint density at radius 2 is 1.89 bits per heavy atom. The zero-order valence-corrected chi connectivity index (χ0v) is 20.9. The van der Waals surface area contributed by atoms with Crippen LogP contribution >= 0.6 is 12.2 Å². The van der Waals surface area contributed by atoms with Crippen LogP contribution in [0.1, 0.15) is 29.9 Å². The minimum Gasteiger partial charge on any atom is -0.383 e. The molecule has 0 saturated carbocycles. The Balaban J connectivity index is 1.37. The number of hydrogen-bond donors (Lipinski definition) is 2. The smallest absolute Gasteiger partial charge is 0.226 e. The van der Waals surface area contributed by atoms with E-state index in [1.54, 1.807) is 13.3 Å². The highest BCUT2D eigenvalue weighted by Gasteiger charge is 2.41. The summed E-state index contributed by atoms with van der Waals surface area (Å²) in [5, 5.41) is 9.29. The van der Waals surface area contributed by atoms with Gasteiger partial charge in [0, 0.05) is 55.8 Å². The van der Waals surface area contributed by atoms with Gasteiger partial charge in [0.15, 0.2) is 5.11 Å². The van der Waals surface area contributed by atoms with Gasteiger partial charge in [0.1, 0.15) is 0 Å². The van der Waals surface area contributed by atoms with E-state index in [1.165, 1.54) is 0 Å². The van der Waals surface area contributed by atoms with Crippen LogP contribution in [0, 0.1) is 0 Å². The van der Waals surface area contributed by atoms with Crippen molar-refractivity contribution in [1.29, 1.82) is 0 Å². The zero-order chi connectivity index (χ0) is 24.9. The first kappa shape index (κ1) is 24.0. The highest BCUT2D eigenvalue weighted by atomic mass is 32.1. The first-order chi connectivity index (χ1) is 17.7. The second-order valence-corrected chi connectivity index (χ2v) is 9.15. The van der Waals surface area contributed by atoms with Gasteiger partial charge in [0.05, 0.1) is 24.4 Å². The molecule has 1 amide bonds. The summed E-state index contributed by atoms with van der Waals surface area (Å²) in [6, 6.07) is 23.8. The number of thiocarbonyl (C=S) groups is 1. The molecule has 1 fully saturated rings. The van der Waals surface area contributed by atoms with Gasteiger partial charge in [-0.05, 0) is 47.9 Å². The van der Waals surface area contributed by atoms with Gasteiger partial charge in [-0.3, -0.25) is 9.78 Å². The fraction of sp³-hybridized carbons (Fsp3) is 0.250. The third kappa shape index (κ3) is 4.96. The van der Waals surface area contributed by atoms with Crippen molar-refractivity contribution in [2.45, 2.75) is 25.0 Å². The normalized spacial score (nSPS) is 17.4. The lowest BCUT2D eigenvalue weighted by atomic mass is 10.0. The van der Waals surface area contributed by atoms with Crippen LogP contribution in [0.5, 0.6) is 0 Å². The molecule has 0 radical (unpaired) electrons. The number of aromatic nitrogens is 2. The van der Waals surface area contributed by atoms with Gasteiger partial charge in [-0.15, -0.1) is 0 Å². The van der Waals surface area contributed by atoms with Crippen LogP contribution in [0.15, 0.2) is 85.2 Å². The quantitative estimate of drug-likeness (QED) is 0.326. The van der Waals surface area contributed by atoms with Crippen molar-refractivity contribution in [2.75, 3.05) is 25.6 Å². The number of rotatable bonds is 9. The molecule has 5 rings (SSSR count). The number of amides is 1. The minimum atomic E-state index is -0.129. The monoisotopic (exact) mass is 499 g/mol. The number of fused-ring (bicyclic) bond motifs is 1. The largest absolute Gasteiger partial charge is 0.383 e. The van der Waals surface area contributed by atoms with Crippen LogP contribution in [0.25, 0.3) is 10.8 Å². The second-order valence-electron chi connectivity index (χ2n) is 8.76. The number of benzene rings is 2. The molecule has 8 heteroatoms. The summed E-state index contributed by atoms with van der Waals surface area (Å²) in [5.74, 6) is -0.0519. The molecule has 0 unspecified atom stereocenters. The molecular formula is C28H29N5O2S. The van der Waals surface area contributed by atoms with Crippen LogP contribution in [0.2, 0.25) is 0 Å². The number of nitrogens with zero attached hydrogens (tertiary/aromatic N) is 3.